The van der Waals surface area contributed by atoms with E-state index in [0.717, 1.165) is 52.5 Å². The summed E-state index contributed by atoms with van der Waals surface area (Å²) in [5.74, 6) is 1.23. The van der Waals surface area contributed by atoms with Crippen LogP contribution in [-0.2, 0) is 14.3 Å². The van der Waals surface area contributed by atoms with Crippen molar-refractivity contribution in [3.8, 4) is 0 Å². The van der Waals surface area contributed by atoms with Crippen molar-refractivity contribution in [1.29, 1.82) is 0 Å². The molecule has 3 heterocycles. The van der Waals surface area contributed by atoms with Crippen LogP contribution >= 0.6 is 0 Å². The van der Waals surface area contributed by atoms with Crippen LogP contribution in [0.15, 0.2) is 0 Å². The molecule has 0 aromatic heterocycles. The zero-order valence-electron chi connectivity index (χ0n) is 16.0. The number of ether oxygens (including phenoxy) is 1. The lowest BCUT2D eigenvalue weighted by Gasteiger charge is -2.29. The fourth-order valence-corrected chi connectivity index (χ4v) is 4.28. The van der Waals surface area contributed by atoms with Crippen molar-refractivity contribution in [1.82, 2.24) is 20.4 Å². The first kappa shape index (κ1) is 19.6. The van der Waals surface area contributed by atoms with Crippen LogP contribution in [-0.4, -0.2) is 86.7 Å². The van der Waals surface area contributed by atoms with Crippen molar-refractivity contribution < 1.29 is 14.3 Å². The third kappa shape index (κ3) is 5.66. The van der Waals surface area contributed by atoms with Gasteiger partial charge in [-0.05, 0) is 37.8 Å². The molecule has 0 spiro atoms. The maximum atomic E-state index is 12.4. The van der Waals surface area contributed by atoms with E-state index in [2.05, 4.69) is 22.5 Å². The number of piperidine rings is 1. The van der Waals surface area contributed by atoms with Gasteiger partial charge in [0, 0.05) is 45.6 Å². The lowest BCUT2D eigenvalue weighted by Crippen LogP contribution is -2.43. The Morgan fingerprint density at radius 2 is 2.15 bits per heavy atom. The van der Waals surface area contributed by atoms with Crippen LogP contribution in [0.1, 0.15) is 32.6 Å². The smallest absolute Gasteiger partial charge is 0.224 e. The number of carbonyl (C=O) groups excluding carboxylic acids is 2. The molecule has 2 amide bonds. The second-order valence-corrected chi connectivity index (χ2v) is 8.05. The summed E-state index contributed by atoms with van der Waals surface area (Å²) in [6, 6.07) is -0.0311. The molecule has 0 aromatic rings. The normalized spacial score (nSPS) is 29.0. The molecule has 3 aliphatic heterocycles. The van der Waals surface area contributed by atoms with Gasteiger partial charge < -0.3 is 20.3 Å². The average Bonchev–Trinajstić information content (AvgIpc) is 3.00. The van der Waals surface area contributed by atoms with Gasteiger partial charge in [-0.25, -0.2) is 0 Å². The van der Waals surface area contributed by atoms with Gasteiger partial charge in [0.1, 0.15) is 0 Å². The topological polar surface area (TPSA) is 73.9 Å². The minimum absolute atomic E-state index is 0.0311. The van der Waals surface area contributed by atoms with E-state index in [1.54, 1.807) is 0 Å². The van der Waals surface area contributed by atoms with Crippen molar-refractivity contribution in [3.05, 3.63) is 0 Å². The molecule has 7 nitrogen and oxygen atoms in total. The number of likely N-dealkylation sites (tertiary alicyclic amines) is 1. The minimum atomic E-state index is -0.0311. The van der Waals surface area contributed by atoms with Gasteiger partial charge in [-0.2, -0.15) is 0 Å². The number of carbonyl (C=O) groups is 2. The Bertz CT molecular complexity index is 475. The van der Waals surface area contributed by atoms with Crippen LogP contribution < -0.4 is 10.6 Å². The Kier molecular flexibility index (Phi) is 7.28. The van der Waals surface area contributed by atoms with E-state index >= 15 is 0 Å². The van der Waals surface area contributed by atoms with Gasteiger partial charge in [0.15, 0.2) is 0 Å². The number of nitrogens with zero attached hydrogens (tertiary/aromatic N) is 2. The van der Waals surface area contributed by atoms with Crippen molar-refractivity contribution in [3.63, 3.8) is 0 Å². The third-order valence-corrected chi connectivity index (χ3v) is 6.02. The molecular formula is C19H34N4O3. The number of amides is 2. The molecular weight excluding hydrogens is 332 g/mol. The molecule has 3 unspecified atom stereocenters. The zero-order valence-corrected chi connectivity index (χ0v) is 16.0. The molecule has 3 fully saturated rings. The van der Waals surface area contributed by atoms with Crippen LogP contribution in [0.2, 0.25) is 0 Å². The van der Waals surface area contributed by atoms with Crippen LogP contribution in [0.5, 0.6) is 0 Å². The highest BCUT2D eigenvalue weighted by molar-refractivity contribution is 5.82. The molecule has 26 heavy (non-hydrogen) atoms. The number of hydrogen-bond donors (Lipinski definition) is 2. The second kappa shape index (κ2) is 9.67. The van der Waals surface area contributed by atoms with E-state index < -0.39 is 0 Å². The Hall–Kier alpha value is -1.18. The van der Waals surface area contributed by atoms with Gasteiger partial charge in [0.05, 0.1) is 19.3 Å². The van der Waals surface area contributed by atoms with Gasteiger partial charge in [0.25, 0.3) is 0 Å². The molecule has 0 radical (unpaired) electrons. The van der Waals surface area contributed by atoms with Crippen LogP contribution in [0.25, 0.3) is 0 Å². The fraction of sp³-hybridized carbons (Fsp3) is 0.895. The summed E-state index contributed by atoms with van der Waals surface area (Å²) in [6.45, 7) is 10.0. The molecule has 3 saturated heterocycles. The first-order valence-electron chi connectivity index (χ1n) is 10.2. The van der Waals surface area contributed by atoms with Crippen molar-refractivity contribution in [2.24, 2.45) is 11.8 Å². The van der Waals surface area contributed by atoms with Crippen LogP contribution in [0, 0.1) is 11.8 Å². The molecule has 0 aliphatic carbocycles. The summed E-state index contributed by atoms with van der Waals surface area (Å²) < 4.78 is 5.36. The Morgan fingerprint density at radius 1 is 1.35 bits per heavy atom. The third-order valence-electron chi connectivity index (χ3n) is 6.02. The summed E-state index contributed by atoms with van der Waals surface area (Å²) >= 11 is 0. The molecule has 7 heteroatoms. The van der Waals surface area contributed by atoms with Crippen molar-refractivity contribution in [2.45, 2.75) is 38.6 Å². The quantitative estimate of drug-likeness (QED) is 0.667. The lowest BCUT2D eigenvalue weighted by molar-refractivity contribution is -0.128. The predicted molar refractivity (Wildman–Crippen MR) is 99.8 cm³/mol. The molecule has 0 bridgehead atoms. The first-order chi connectivity index (χ1) is 12.6. The standard InChI is InChI=1S/C19H34N4O3/c1-15(16-3-2-4-20-13-16)11-18(24)21-17-12-19(25)23(14-17)6-5-22-7-9-26-10-8-22/h15-17,20H,2-14H2,1H3,(H,21,24). The van der Waals surface area contributed by atoms with E-state index in [9.17, 15) is 9.59 Å². The minimum Gasteiger partial charge on any atom is -0.379 e. The van der Waals surface area contributed by atoms with Gasteiger partial charge in [-0.1, -0.05) is 6.92 Å². The van der Waals surface area contributed by atoms with E-state index in [1.165, 1.54) is 12.8 Å². The summed E-state index contributed by atoms with van der Waals surface area (Å²) in [5, 5.41) is 6.51. The summed E-state index contributed by atoms with van der Waals surface area (Å²) in [7, 11) is 0. The predicted octanol–water partition coefficient (Wildman–Crippen LogP) is 0.0615. The largest absolute Gasteiger partial charge is 0.379 e. The first-order valence-corrected chi connectivity index (χ1v) is 10.2. The van der Waals surface area contributed by atoms with Crippen molar-refractivity contribution >= 4 is 11.8 Å². The molecule has 3 aliphatic rings. The molecule has 3 rings (SSSR count). The fourth-order valence-electron chi connectivity index (χ4n) is 4.28. The van der Waals surface area contributed by atoms with Gasteiger partial charge in [-0.3, -0.25) is 14.5 Å². The highest BCUT2D eigenvalue weighted by atomic mass is 16.5. The van der Waals surface area contributed by atoms with Gasteiger partial charge in [0.2, 0.25) is 11.8 Å². The Balaban J connectivity index is 1.36. The number of nitrogens with one attached hydrogen (secondary N) is 2. The lowest BCUT2D eigenvalue weighted by atomic mass is 9.85. The highest BCUT2D eigenvalue weighted by Crippen LogP contribution is 2.22. The Morgan fingerprint density at radius 3 is 2.88 bits per heavy atom. The monoisotopic (exact) mass is 366 g/mol. The van der Waals surface area contributed by atoms with E-state index in [0.29, 0.717) is 31.2 Å². The number of morpholine rings is 1. The molecule has 0 aromatic carbocycles. The van der Waals surface area contributed by atoms with E-state index in [1.807, 2.05) is 4.90 Å². The van der Waals surface area contributed by atoms with E-state index in [4.69, 9.17) is 4.74 Å². The van der Waals surface area contributed by atoms with Crippen LogP contribution in [0.4, 0.5) is 0 Å². The van der Waals surface area contributed by atoms with Gasteiger partial charge in [-0.15, -0.1) is 0 Å². The molecule has 148 valence electrons. The number of hydrogen-bond acceptors (Lipinski definition) is 5. The zero-order chi connectivity index (χ0) is 18.4. The molecule has 0 saturated carbocycles. The molecule has 2 N–H and O–H groups in total. The maximum absolute atomic E-state index is 12.4. The summed E-state index contributed by atoms with van der Waals surface area (Å²) in [6.07, 6.45) is 3.41. The summed E-state index contributed by atoms with van der Waals surface area (Å²) in [4.78, 5) is 28.9. The van der Waals surface area contributed by atoms with Gasteiger partial charge >= 0.3 is 0 Å². The van der Waals surface area contributed by atoms with Crippen LogP contribution in [0.3, 0.4) is 0 Å². The maximum Gasteiger partial charge on any atom is 0.224 e. The molecule has 3 atom stereocenters. The average molecular weight is 367 g/mol. The SMILES string of the molecule is CC(CC(=O)NC1CC(=O)N(CCN2CCOCC2)C1)C1CCCNC1. The van der Waals surface area contributed by atoms with Crippen molar-refractivity contribution in [2.75, 3.05) is 59.0 Å². The van der Waals surface area contributed by atoms with E-state index in [-0.39, 0.29) is 17.9 Å². The second-order valence-electron chi connectivity index (χ2n) is 8.05. The summed E-state index contributed by atoms with van der Waals surface area (Å²) in [5.41, 5.74) is 0. The Labute approximate surface area is 156 Å². The number of rotatable bonds is 7. The highest BCUT2D eigenvalue weighted by Gasteiger charge is 2.31.